The quantitative estimate of drug-likeness (QED) is 0.0714. The van der Waals surface area contributed by atoms with E-state index in [1.54, 1.807) is 0 Å². The van der Waals surface area contributed by atoms with Gasteiger partial charge in [0.15, 0.2) is 0 Å². The number of rotatable bonds is 29. The molecule has 0 saturated heterocycles. The number of ether oxygens (including phenoxy) is 2. The molecule has 1 aliphatic carbocycles. The molecule has 0 bridgehead atoms. The monoisotopic (exact) mass is 684 g/mol. The van der Waals surface area contributed by atoms with Crippen LogP contribution in [0.4, 0.5) is 0 Å². The van der Waals surface area contributed by atoms with Crippen LogP contribution in [0.3, 0.4) is 0 Å². The van der Waals surface area contributed by atoms with Crippen molar-refractivity contribution in [3.63, 3.8) is 0 Å². The van der Waals surface area contributed by atoms with Crippen molar-refractivity contribution in [2.24, 2.45) is 17.8 Å². The van der Waals surface area contributed by atoms with Crippen LogP contribution in [0.25, 0.3) is 0 Å². The van der Waals surface area contributed by atoms with Gasteiger partial charge in [-0.15, -0.1) is 0 Å². The predicted octanol–water partition coefficient (Wildman–Crippen LogP) is 3.53. The summed E-state index contributed by atoms with van der Waals surface area (Å²) in [7, 11) is 0. The van der Waals surface area contributed by atoms with Gasteiger partial charge < -0.3 is 35.4 Å². The van der Waals surface area contributed by atoms with Crippen molar-refractivity contribution in [1.82, 2.24) is 10.6 Å². The number of carbonyl (C=O) groups is 7. The van der Waals surface area contributed by atoms with E-state index in [0.717, 1.165) is 19.3 Å². The van der Waals surface area contributed by atoms with Gasteiger partial charge in [-0.05, 0) is 76.5 Å². The summed E-state index contributed by atoms with van der Waals surface area (Å²) in [5.74, 6) is -5.32. The van der Waals surface area contributed by atoms with E-state index in [0.29, 0.717) is 83.7 Å². The highest BCUT2D eigenvalue weighted by Crippen LogP contribution is 2.32. The van der Waals surface area contributed by atoms with Gasteiger partial charge in [0.2, 0.25) is 11.8 Å². The Morgan fingerprint density at radius 3 is 1.98 bits per heavy atom. The molecule has 1 saturated carbocycles. The maximum Gasteiger partial charge on any atom is 0.326 e. The first-order valence-corrected chi connectivity index (χ1v) is 17.4. The molecule has 2 amide bonds. The third-order valence-electron chi connectivity index (χ3n) is 8.51. The first-order valence-electron chi connectivity index (χ1n) is 17.4. The summed E-state index contributed by atoms with van der Waals surface area (Å²) in [6.07, 6.45) is 5.71. The van der Waals surface area contributed by atoms with Gasteiger partial charge in [0.25, 0.3) is 0 Å². The average molecular weight is 685 g/mol. The fraction of sp³-hybridized carbons (Fsp3) is 0.794. The Balaban J connectivity index is 2.45. The van der Waals surface area contributed by atoms with E-state index in [1.807, 2.05) is 6.92 Å². The van der Waals surface area contributed by atoms with E-state index in [4.69, 9.17) is 19.7 Å². The number of unbranched alkanes of at least 4 members (excludes halogenated alkanes) is 1. The van der Waals surface area contributed by atoms with Crippen molar-refractivity contribution in [1.29, 1.82) is 0 Å². The zero-order valence-corrected chi connectivity index (χ0v) is 28.4. The molecule has 2 atom stereocenters. The second-order valence-electron chi connectivity index (χ2n) is 12.6. The van der Waals surface area contributed by atoms with Crippen molar-refractivity contribution in [2.75, 3.05) is 33.0 Å². The molecule has 0 aromatic heterocycles. The fourth-order valence-corrected chi connectivity index (χ4v) is 5.65. The number of aliphatic carboxylic acids is 3. The molecule has 2 unspecified atom stereocenters. The lowest BCUT2D eigenvalue weighted by Crippen LogP contribution is -2.44. The highest BCUT2D eigenvalue weighted by atomic mass is 16.5. The second-order valence-corrected chi connectivity index (χ2v) is 12.6. The Labute approximate surface area is 283 Å². The normalized spacial score (nSPS) is 17.2. The van der Waals surface area contributed by atoms with Crippen LogP contribution in [0.1, 0.15) is 116 Å². The van der Waals surface area contributed by atoms with Gasteiger partial charge in [0, 0.05) is 70.1 Å². The van der Waals surface area contributed by atoms with Gasteiger partial charge in [-0.3, -0.25) is 28.8 Å². The van der Waals surface area contributed by atoms with Crippen molar-refractivity contribution in [2.45, 2.75) is 122 Å². The standard InChI is InChI=1S/C34H56N2O12/c1-2-19-47-21-22-48-20-5-18-35-32(43)26(13-17-31(41)42)23-28(38)15-16-29(34(45)46)36-33(44)25-11-8-24(9-12-25)10-14-27(37)6-3-4-7-30(39)40/h24-26,29H,2-23H2,1H3,(H,35,43)(H,36,44)(H,39,40)(H,41,42)(H,45,46). The molecule has 0 heterocycles. The summed E-state index contributed by atoms with van der Waals surface area (Å²) in [4.78, 5) is 84.1. The number of ketones is 2. The number of nitrogens with one attached hydrogen (secondary N) is 2. The number of hydrogen-bond donors (Lipinski definition) is 5. The molecule has 0 aliphatic heterocycles. The molecule has 5 N–H and O–H groups in total. The summed E-state index contributed by atoms with van der Waals surface area (Å²) < 4.78 is 10.8. The first-order chi connectivity index (χ1) is 22.9. The van der Waals surface area contributed by atoms with Crippen LogP contribution in [0.2, 0.25) is 0 Å². The van der Waals surface area contributed by atoms with Crippen LogP contribution < -0.4 is 10.6 Å². The summed E-state index contributed by atoms with van der Waals surface area (Å²) >= 11 is 0. The van der Waals surface area contributed by atoms with Crippen molar-refractivity contribution >= 4 is 41.3 Å². The smallest absolute Gasteiger partial charge is 0.326 e. The van der Waals surface area contributed by atoms with E-state index in [1.165, 1.54) is 0 Å². The minimum absolute atomic E-state index is 0.0408. The van der Waals surface area contributed by atoms with Gasteiger partial charge >= 0.3 is 17.9 Å². The molecular formula is C34H56N2O12. The van der Waals surface area contributed by atoms with Gasteiger partial charge in [-0.25, -0.2) is 4.79 Å². The van der Waals surface area contributed by atoms with Crippen molar-refractivity contribution in [3.05, 3.63) is 0 Å². The molecule has 0 spiro atoms. The SMILES string of the molecule is CCCOCCOCCCNC(=O)C(CCC(=O)O)CC(=O)CCC(NC(=O)C1CCC(CCC(=O)CCCCC(=O)O)CC1)C(=O)O. The van der Waals surface area contributed by atoms with E-state index in [-0.39, 0.29) is 62.7 Å². The van der Waals surface area contributed by atoms with Crippen LogP contribution in [0, 0.1) is 17.8 Å². The Morgan fingerprint density at radius 2 is 1.35 bits per heavy atom. The molecular weight excluding hydrogens is 628 g/mol. The topological polar surface area (TPSA) is 223 Å². The van der Waals surface area contributed by atoms with Crippen LogP contribution in [0.15, 0.2) is 0 Å². The molecule has 0 aromatic rings. The lowest BCUT2D eigenvalue weighted by atomic mass is 9.79. The highest BCUT2D eigenvalue weighted by Gasteiger charge is 2.30. The van der Waals surface area contributed by atoms with Crippen LogP contribution in [-0.2, 0) is 43.0 Å². The predicted molar refractivity (Wildman–Crippen MR) is 174 cm³/mol. The Bertz CT molecular complexity index is 1030. The third-order valence-corrected chi connectivity index (χ3v) is 8.51. The first kappa shape index (κ1) is 42.6. The number of carboxylic acid groups (broad SMARTS) is 3. The van der Waals surface area contributed by atoms with Crippen molar-refractivity contribution in [3.8, 4) is 0 Å². The molecule has 0 aromatic carbocycles. The lowest BCUT2D eigenvalue weighted by Gasteiger charge is -2.28. The summed E-state index contributed by atoms with van der Waals surface area (Å²) in [6, 6.07) is -1.28. The highest BCUT2D eigenvalue weighted by molar-refractivity contribution is 5.88. The lowest BCUT2D eigenvalue weighted by molar-refractivity contribution is -0.143. The largest absolute Gasteiger partial charge is 0.481 e. The van der Waals surface area contributed by atoms with Gasteiger partial charge in [0.1, 0.15) is 17.6 Å². The van der Waals surface area contributed by atoms with E-state index in [9.17, 15) is 38.7 Å². The van der Waals surface area contributed by atoms with Gasteiger partial charge in [-0.2, -0.15) is 0 Å². The maximum atomic E-state index is 12.9. The Hall–Kier alpha value is -3.39. The van der Waals surface area contributed by atoms with E-state index >= 15 is 0 Å². The molecule has 1 rings (SSSR count). The number of amides is 2. The molecule has 0 radical (unpaired) electrons. The fourth-order valence-electron chi connectivity index (χ4n) is 5.65. The average Bonchev–Trinajstić information content (AvgIpc) is 3.04. The minimum Gasteiger partial charge on any atom is -0.481 e. The summed E-state index contributed by atoms with van der Waals surface area (Å²) in [5, 5.41) is 32.7. The molecule has 1 fully saturated rings. The number of Topliss-reactive ketones (excluding diaryl/α,β-unsaturated/α-hetero) is 2. The molecule has 14 nitrogen and oxygen atoms in total. The van der Waals surface area contributed by atoms with Crippen molar-refractivity contribution < 1.29 is 58.4 Å². The second kappa shape index (κ2) is 25.6. The Kier molecular flexibility index (Phi) is 22.7. The summed E-state index contributed by atoms with van der Waals surface area (Å²) in [5.41, 5.74) is 0. The molecule has 14 heteroatoms. The van der Waals surface area contributed by atoms with Crippen LogP contribution in [0.5, 0.6) is 0 Å². The summed E-state index contributed by atoms with van der Waals surface area (Å²) in [6.45, 7) is 4.28. The van der Waals surface area contributed by atoms with Crippen LogP contribution in [-0.4, -0.2) is 95.6 Å². The molecule has 1 aliphatic rings. The number of carbonyl (C=O) groups excluding carboxylic acids is 4. The minimum atomic E-state index is -1.28. The maximum absolute atomic E-state index is 12.9. The Morgan fingerprint density at radius 1 is 0.708 bits per heavy atom. The van der Waals surface area contributed by atoms with E-state index in [2.05, 4.69) is 10.6 Å². The molecule has 48 heavy (non-hydrogen) atoms. The van der Waals surface area contributed by atoms with E-state index < -0.39 is 41.6 Å². The number of carboxylic acids is 3. The van der Waals surface area contributed by atoms with Crippen LogP contribution >= 0.6 is 0 Å². The van der Waals surface area contributed by atoms with Gasteiger partial charge in [-0.1, -0.05) is 6.92 Å². The zero-order chi connectivity index (χ0) is 35.7. The van der Waals surface area contributed by atoms with Gasteiger partial charge in [0.05, 0.1) is 13.2 Å². The zero-order valence-electron chi connectivity index (χ0n) is 28.4. The number of hydrogen-bond acceptors (Lipinski definition) is 9. The third kappa shape index (κ3) is 20.8. The molecule has 274 valence electrons.